The molecule has 0 saturated carbocycles. The molecule has 92 valence electrons. The summed E-state index contributed by atoms with van der Waals surface area (Å²) < 4.78 is 4.88. The van der Waals surface area contributed by atoms with Gasteiger partial charge in [0.2, 0.25) is 0 Å². The minimum atomic E-state index is 0.746. The number of hydrogen-bond acceptors (Lipinski definition) is 2. The summed E-state index contributed by atoms with van der Waals surface area (Å²) >= 11 is 7.77. The first kappa shape index (κ1) is 11.4. The normalized spacial score (nSPS) is 11.6. The van der Waals surface area contributed by atoms with E-state index in [2.05, 4.69) is 50.4 Å². The van der Waals surface area contributed by atoms with E-state index >= 15 is 0 Å². The highest BCUT2D eigenvalue weighted by Gasteiger charge is 2.11. The fourth-order valence-corrected chi connectivity index (χ4v) is 3.29. The Kier molecular flexibility index (Phi) is 2.40. The Morgan fingerprint density at radius 2 is 1.53 bits per heavy atom. The Balaban J connectivity index is 2.47. The van der Waals surface area contributed by atoms with Crippen molar-refractivity contribution in [2.75, 3.05) is 0 Å². The highest BCUT2D eigenvalue weighted by molar-refractivity contribution is 14.1. The predicted molar refractivity (Wildman–Crippen MR) is 88.4 cm³/mol. The zero-order chi connectivity index (χ0) is 13.0. The molecule has 0 fully saturated rings. The van der Waals surface area contributed by atoms with Gasteiger partial charge in [-0.15, -0.1) is 0 Å². The van der Waals surface area contributed by atoms with Gasteiger partial charge in [0, 0.05) is 0 Å². The monoisotopic (exact) mass is 377 g/mol. The van der Waals surface area contributed by atoms with E-state index < -0.39 is 0 Å². The topological polar surface area (TPSA) is 22.2 Å². The Hall–Kier alpha value is -1.47. The number of halogens is 1. The Labute approximate surface area is 128 Å². The molecular formula is C14H8IN3S. The minimum Gasteiger partial charge on any atom is -0.288 e. The third-order valence-electron chi connectivity index (χ3n) is 3.26. The smallest absolute Gasteiger partial charge is 0.174 e. The summed E-state index contributed by atoms with van der Waals surface area (Å²) in [5.41, 5.74) is 5.13. The van der Waals surface area contributed by atoms with Gasteiger partial charge in [-0.2, -0.15) is 0 Å². The van der Waals surface area contributed by atoms with Crippen molar-refractivity contribution in [3.8, 4) is 0 Å². The number of nitrogens with zero attached hydrogens (tertiary/aromatic N) is 3. The molecule has 0 radical (unpaired) electrons. The lowest BCUT2D eigenvalue weighted by atomic mass is 10.3. The van der Waals surface area contributed by atoms with E-state index in [1.165, 1.54) is 0 Å². The molecule has 0 N–H and O–H groups in total. The summed E-state index contributed by atoms with van der Waals surface area (Å²) in [6.07, 6.45) is 0. The van der Waals surface area contributed by atoms with Crippen LogP contribution in [-0.2, 0) is 0 Å². The van der Waals surface area contributed by atoms with Crippen LogP contribution < -0.4 is 0 Å². The van der Waals surface area contributed by atoms with Crippen LogP contribution in [0.1, 0.15) is 0 Å². The van der Waals surface area contributed by atoms with Gasteiger partial charge in [-0.1, -0.05) is 36.5 Å². The molecule has 3 nitrogen and oxygen atoms in total. The van der Waals surface area contributed by atoms with Crippen LogP contribution in [0.25, 0.3) is 27.7 Å². The Morgan fingerprint density at radius 1 is 0.895 bits per heavy atom. The molecule has 19 heavy (non-hydrogen) atoms. The molecule has 0 saturated heterocycles. The Bertz CT molecular complexity index is 1000. The van der Waals surface area contributed by atoms with Gasteiger partial charge in [0.15, 0.2) is 10.3 Å². The van der Waals surface area contributed by atoms with E-state index in [1.54, 1.807) is 0 Å². The number of fused-ring (bicyclic) bond motifs is 5. The van der Waals surface area contributed by atoms with Crippen molar-refractivity contribution in [2.24, 2.45) is 0 Å². The summed E-state index contributed by atoms with van der Waals surface area (Å²) in [5, 5.41) is 0. The van der Waals surface area contributed by atoms with E-state index in [1.807, 2.05) is 33.1 Å². The lowest BCUT2D eigenvalue weighted by Crippen LogP contribution is -1.96. The van der Waals surface area contributed by atoms with Crippen molar-refractivity contribution >= 4 is 62.8 Å². The largest absolute Gasteiger partial charge is 0.288 e. The number of imidazole rings is 1. The minimum absolute atomic E-state index is 0.746. The van der Waals surface area contributed by atoms with Crippen molar-refractivity contribution in [3.63, 3.8) is 0 Å². The molecule has 0 spiro atoms. The molecular weight excluding hydrogens is 369 g/mol. The second-order valence-electron chi connectivity index (χ2n) is 4.33. The van der Waals surface area contributed by atoms with Crippen molar-refractivity contribution in [3.05, 3.63) is 53.2 Å². The number of hydrogen-bond donors (Lipinski definition) is 0. The number of aromatic nitrogens is 3. The summed E-state index contributed by atoms with van der Waals surface area (Å²) in [6.45, 7) is 0. The molecule has 4 rings (SSSR count). The number of para-hydroxylation sites is 4. The molecule has 0 atom stereocenters. The summed E-state index contributed by atoms with van der Waals surface area (Å²) in [6, 6.07) is 16.4. The van der Waals surface area contributed by atoms with Gasteiger partial charge >= 0.3 is 0 Å². The van der Waals surface area contributed by atoms with E-state index in [9.17, 15) is 0 Å². The third kappa shape index (κ3) is 1.48. The van der Waals surface area contributed by atoms with Crippen LogP contribution >= 0.6 is 35.1 Å². The first-order chi connectivity index (χ1) is 9.27. The van der Waals surface area contributed by atoms with E-state index in [0.717, 1.165) is 32.4 Å². The molecule has 2 aromatic heterocycles. The molecule has 0 aliphatic heterocycles. The van der Waals surface area contributed by atoms with E-state index in [0.29, 0.717) is 0 Å². The maximum atomic E-state index is 5.54. The van der Waals surface area contributed by atoms with Gasteiger partial charge in [-0.3, -0.25) is 7.18 Å². The van der Waals surface area contributed by atoms with Crippen LogP contribution in [0.2, 0.25) is 0 Å². The number of benzene rings is 2. The lowest BCUT2D eigenvalue weighted by molar-refractivity contribution is 1.21. The van der Waals surface area contributed by atoms with Crippen LogP contribution in [-0.4, -0.2) is 12.2 Å². The third-order valence-corrected chi connectivity index (χ3v) is 4.96. The van der Waals surface area contributed by atoms with Gasteiger partial charge in [-0.05, 0) is 24.3 Å². The fourth-order valence-electron chi connectivity index (χ4n) is 2.43. The molecule has 2 heterocycles. The van der Waals surface area contributed by atoms with Gasteiger partial charge in [-0.25, -0.2) is 4.98 Å². The van der Waals surface area contributed by atoms with Gasteiger partial charge in [0.1, 0.15) is 0 Å². The highest BCUT2D eigenvalue weighted by Crippen LogP contribution is 2.25. The molecule has 0 amide bonds. The summed E-state index contributed by atoms with van der Waals surface area (Å²) in [4.78, 5) is 4.66. The second-order valence-corrected chi connectivity index (χ2v) is 5.69. The maximum absolute atomic E-state index is 5.54. The second kappa shape index (κ2) is 4.01. The lowest BCUT2D eigenvalue weighted by Gasteiger charge is -2.07. The van der Waals surface area contributed by atoms with Crippen LogP contribution in [0, 0.1) is 4.64 Å². The van der Waals surface area contributed by atoms with Crippen LogP contribution in [0.5, 0.6) is 0 Å². The zero-order valence-corrected chi connectivity index (χ0v) is 12.7. The SMILES string of the molecule is S=c1c2nc3ccccc3n2c2ccccc2n1I. The molecule has 4 aromatic rings. The first-order valence-corrected chi connectivity index (χ1v) is 7.22. The van der Waals surface area contributed by atoms with Crippen molar-refractivity contribution in [1.82, 2.24) is 12.2 Å². The van der Waals surface area contributed by atoms with Gasteiger partial charge in [0.05, 0.1) is 44.9 Å². The molecule has 0 aliphatic carbocycles. The zero-order valence-electron chi connectivity index (χ0n) is 9.75. The average Bonchev–Trinajstić information content (AvgIpc) is 2.84. The van der Waals surface area contributed by atoms with Crippen molar-refractivity contribution < 1.29 is 0 Å². The van der Waals surface area contributed by atoms with Crippen molar-refractivity contribution in [1.29, 1.82) is 0 Å². The highest BCUT2D eigenvalue weighted by atomic mass is 127. The summed E-state index contributed by atoms with van der Waals surface area (Å²) in [5.74, 6) is 0. The molecule has 0 unspecified atom stereocenters. The van der Waals surface area contributed by atoms with Crippen LogP contribution in [0.4, 0.5) is 0 Å². The summed E-state index contributed by atoms with van der Waals surface area (Å²) in [7, 11) is 0. The number of rotatable bonds is 0. The van der Waals surface area contributed by atoms with E-state index in [-0.39, 0.29) is 0 Å². The van der Waals surface area contributed by atoms with Crippen molar-refractivity contribution in [2.45, 2.75) is 0 Å². The predicted octanol–water partition coefficient (Wildman–Crippen LogP) is 4.37. The van der Waals surface area contributed by atoms with Gasteiger partial charge < -0.3 is 0 Å². The molecule has 5 heteroatoms. The molecule has 0 aliphatic rings. The Morgan fingerprint density at radius 3 is 2.32 bits per heavy atom. The van der Waals surface area contributed by atoms with Crippen LogP contribution in [0.15, 0.2) is 48.5 Å². The maximum Gasteiger partial charge on any atom is 0.174 e. The average molecular weight is 377 g/mol. The fraction of sp³-hybridized carbons (Fsp3) is 0. The standard InChI is InChI=1S/C14H8IN3S/c15-18-12-8-4-3-7-11(12)17-10-6-2-1-5-9(10)16-13(17)14(18)19/h1-8H. The first-order valence-electron chi connectivity index (χ1n) is 5.84. The van der Waals surface area contributed by atoms with Crippen LogP contribution in [0.3, 0.4) is 0 Å². The quantitative estimate of drug-likeness (QED) is 0.335. The van der Waals surface area contributed by atoms with Gasteiger partial charge in [0.25, 0.3) is 0 Å². The molecule has 2 aromatic carbocycles. The van der Waals surface area contributed by atoms with E-state index in [4.69, 9.17) is 12.2 Å². The molecule has 0 bridgehead atoms.